The normalized spacial score (nSPS) is 11.4. The number of primary amides is 1. The van der Waals surface area contributed by atoms with Crippen molar-refractivity contribution < 1.29 is 4.79 Å². The summed E-state index contributed by atoms with van der Waals surface area (Å²) in [6.45, 7) is 10.1. The molecule has 0 aliphatic rings. The lowest BCUT2D eigenvalue weighted by Gasteiger charge is -2.02. The summed E-state index contributed by atoms with van der Waals surface area (Å²) in [7, 11) is 0. The number of nitrogens with two attached hydrogens (primary N) is 1. The van der Waals surface area contributed by atoms with Crippen molar-refractivity contribution in [2.75, 3.05) is 5.75 Å². The van der Waals surface area contributed by atoms with Gasteiger partial charge in [0.1, 0.15) is 0 Å². The summed E-state index contributed by atoms with van der Waals surface area (Å²) >= 11 is 1.90. The minimum absolute atomic E-state index is 0.333. The first-order valence-electron chi connectivity index (χ1n) is 9.19. The molecule has 0 spiro atoms. The Labute approximate surface area is 164 Å². The summed E-state index contributed by atoms with van der Waals surface area (Å²) in [4.78, 5) is 10.6. The van der Waals surface area contributed by atoms with Crippen molar-refractivity contribution in [3.63, 3.8) is 0 Å². The number of thioether (sulfide) groups is 1. The second-order valence-electron chi connectivity index (χ2n) is 6.69. The average Bonchev–Trinajstić information content (AvgIpc) is 2.55. The lowest BCUT2D eigenvalue weighted by Crippen LogP contribution is -2.01. The Kier molecular flexibility index (Phi) is 14.5. The van der Waals surface area contributed by atoms with Gasteiger partial charge in [-0.2, -0.15) is 0 Å². The molecule has 0 atom stereocenters. The van der Waals surface area contributed by atoms with Crippen LogP contribution in [0, 0.1) is 0 Å². The van der Waals surface area contributed by atoms with Crippen LogP contribution in [0.25, 0.3) is 0 Å². The molecule has 0 fully saturated rings. The van der Waals surface area contributed by atoms with Crippen LogP contribution in [0.3, 0.4) is 0 Å². The zero-order chi connectivity index (χ0) is 19.8. The molecule has 0 saturated heterocycles. The molecular weight excluding hydrogens is 338 g/mol. The van der Waals surface area contributed by atoms with Gasteiger partial charge < -0.3 is 5.73 Å². The highest BCUT2D eigenvalue weighted by Crippen LogP contribution is 2.18. The van der Waals surface area contributed by atoms with E-state index in [-0.39, 0.29) is 5.91 Å². The number of hydrogen-bond donors (Lipinski definition) is 1. The van der Waals surface area contributed by atoms with Gasteiger partial charge in [-0.15, -0.1) is 11.8 Å². The second-order valence-corrected chi connectivity index (χ2v) is 7.79. The number of amides is 1. The highest BCUT2D eigenvalue weighted by Gasteiger charge is 1.93. The van der Waals surface area contributed by atoms with Gasteiger partial charge in [0.15, 0.2) is 0 Å². The molecule has 0 aliphatic heterocycles. The minimum Gasteiger partial charge on any atom is -0.370 e. The second kappa shape index (κ2) is 15.5. The predicted molar refractivity (Wildman–Crippen MR) is 117 cm³/mol. The van der Waals surface area contributed by atoms with E-state index in [9.17, 15) is 4.79 Å². The molecule has 1 rings (SSSR count). The smallest absolute Gasteiger partial charge is 0.214 e. The van der Waals surface area contributed by atoms with E-state index >= 15 is 0 Å². The fourth-order valence-electron chi connectivity index (χ4n) is 2.14. The van der Waals surface area contributed by atoms with Crippen molar-refractivity contribution in [2.24, 2.45) is 5.73 Å². The van der Waals surface area contributed by atoms with Gasteiger partial charge >= 0.3 is 0 Å². The number of carbonyl (C=O) groups excluding carboxylic acids is 1. The van der Waals surface area contributed by atoms with E-state index in [1.54, 1.807) is 0 Å². The van der Waals surface area contributed by atoms with Gasteiger partial charge in [0.25, 0.3) is 0 Å². The number of rotatable bonds is 9. The Morgan fingerprint density at radius 3 is 1.92 bits per heavy atom. The van der Waals surface area contributed by atoms with Gasteiger partial charge in [-0.05, 0) is 65.5 Å². The molecule has 3 heteroatoms. The number of benzene rings is 1. The average molecular weight is 374 g/mol. The third kappa shape index (κ3) is 17.1. The molecule has 144 valence electrons. The summed E-state index contributed by atoms with van der Waals surface area (Å²) < 4.78 is 0. The third-order valence-corrected chi connectivity index (χ3v) is 4.49. The topological polar surface area (TPSA) is 43.1 Å². The van der Waals surface area contributed by atoms with E-state index < -0.39 is 0 Å². The molecule has 2 N–H and O–H groups in total. The summed E-state index contributed by atoms with van der Waals surface area (Å²) in [6.07, 6.45) is 11.8. The van der Waals surface area contributed by atoms with Crippen LogP contribution in [0.4, 0.5) is 0 Å². The van der Waals surface area contributed by atoms with Crippen molar-refractivity contribution >= 4 is 17.7 Å². The highest BCUT2D eigenvalue weighted by molar-refractivity contribution is 7.99. The fraction of sp³-hybridized carbons (Fsp3) is 0.435. The van der Waals surface area contributed by atoms with Crippen LogP contribution in [-0.2, 0) is 4.79 Å². The minimum atomic E-state index is -0.333. The van der Waals surface area contributed by atoms with Crippen LogP contribution in [0.15, 0.2) is 70.2 Å². The number of allylic oxidation sites excluding steroid dienone is 5. The molecule has 1 aromatic rings. The van der Waals surface area contributed by atoms with Gasteiger partial charge in [-0.3, -0.25) is 4.79 Å². The Bertz CT molecular complexity index is 592. The molecule has 0 aromatic heterocycles. The fourth-order valence-corrected chi connectivity index (χ4v) is 3.05. The molecule has 1 aromatic carbocycles. The van der Waals surface area contributed by atoms with E-state index in [0.717, 1.165) is 5.75 Å². The molecule has 26 heavy (non-hydrogen) atoms. The summed E-state index contributed by atoms with van der Waals surface area (Å²) in [5.74, 6) is 0.735. The SMILES string of the molecule is CC(C)=CCC/C(C)=C/CC/C(C)=C/CSc1ccccc1.CC(N)=O. The summed E-state index contributed by atoms with van der Waals surface area (Å²) in [5.41, 5.74) is 8.91. The first kappa shape index (κ1) is 24.3. The molecule has 0 unspecified atom stereocenters. The molecule has 0 radical (unpaired) electrons. The van der Waals surface area contributed by atoms with E-state index in [1.165, 1.54) is 54.2 Å². The molecule has 1 amide bonds. The quantitative estimate of drug-likeness (QED) is 0.387. The van der Waals surface area contributed by atoms with Gasteiger partial charge in [0.05, 0.1) is 0 Å². The maximum absolute atomic E-state index is 9.22. The Morgan fingerprint density at radius 2 is 1.38 bits per heavy atom. The van der Waals surface area contributed by atoms with Crippen LogP contribution in [-0.4, -0.2) is 11.7 Å². The van der Waals surface area contributed by atoms with Crippen molar-refractivity contribution in [1.82, 2.24) is 0 Å². The van der Waals surface area contributed by atoms with E-state index in [4.69, 9.17) is 0 Å². The van der Waals surface area contributed by atoms with Crippen molar-refractivity contribution in [2.45, 2.75) is 65.2 Å². The summed E-state index contributed by atoms with van der Waals surface area (Å²) in [6, 6.07) is 10.6. The molecule has 0 heterocycles. The van der Waals surface area contributed by atoms with Crippen LogP contribution in [0.2, 0.25) is 0 Å². The Balaban J connectivity index is 0.00000141. The lowest BCUT2D eigenvalue weighted by molar-refractivity contribution is -0.115. The van der Waals surface area contributed by atoms with Crippen LogP contribution in [0.5, 0.6) is 0 Å². The molecule has 0 aliphatic carbocycles. The van der Waals surface area contributed by atoms with Crippen molar-refractivity contribution in [1.29, 1.82) is 0 Å². The van der Waals surface area contributed by atoms with Gasteiger partial charge in [-0.25, -0.2) is 0 Å². The zero-order valence-corrected chi connectivity index (χ0v) is 17.9. The van der Waals surface area contributed by atoms with Crippen LogP contribution in [0.1, 0.15) is 60.3 Å². The van der Waals surface area contributed by atoms with E-state index in [0.29, 0.717) is 0 Å². The maximum atomic E-state index is 9.22. The van der Waals surface area contributed by atoms with Gasteiger partial charge in [0, 0.05) is 17.6 Å². The third-order valence-electron chi connectivity index (χ3n) is 3.55. The van der Waals surface area contributed by atoms with E-state index in [2.05, 4.69) is 82.0 Å². The number of carbonyl (C=O) groups is 1. The Morgan fingerprint density at radius 1 is 0.885 bits per heavy atom. The van der Waals surface area contributed by atoms with Crippen LogP contribution < -0.4 is 5.73 Å². The largest absolute Gasteiger partial charge is 0.370 e. The maximum Gasteiger partial charge on any atom is 0.214 e. The zero-order valence-electron chi connectivity index (χ0n) is 17.0. The monoisotopic (exact) mass is 373 g/mol. The van der Waals surface area contributed by atoms with Gasteiger partial charge in [-0.1, -0.05) is 53.1 Å². The molecule has 2 nitrogen and oxygen atoms in total. The predicted octanol–water partition coefficient (Wildman–Crippen LogP) is 6.69. The molecule has 0 saturated carbocycles. The highest BCUT2D eigenvalue weighted by atomic mass is 32.2. The Hall–Kier alpha value is -1.74. The standard InChI is InChI=1S/C21H30S.C2H5NO/c1-18(2)10-8-11-19(3)12-9-13-20(4)16-17-22-21-14-6-5-7-15-21;1-2(3)4/h5-7,10,12,14-16H,8-9,11,13,17H2,1-4H3;1H3,(H2,3,4)/b19-12+,20-16+;. The van der Waals surface area contributed by atoms with E-state index in [1.807, 2.05) is 11.8 Å². The first-order valence-corrected chi connectivity index (χ1v) is 10.2. The van der Waals surface area contributed by atoms with Crippen molar-refractivity contribution in [3.8, 4) is 0 Å². The number of hydrogen-bond acceptors (Lipinski definition) is 2. The first-order chi connectivity index (χ1) is 12.3. The van der Waals surface area contributed by atoms with Gasteiger partial charge in [0.2, 0.25) is 5.91 Å². The lowest BCUT2D eigenvalue weighted by atomic mass is 10.1. The summed E-state index contributed by atoms with van der Waals surface area (Å²) in [5, 5.41) is 0. The van der Waals surface area contributed by atoms with Crippen molar-refractivity contribution in [3.05, 3.63) is 65.3 Å². The molecule has 0 bridgehead atoms. The molecular formula is C23H35NOS. The van der Waals surface area contributed by atoms with Crippen LogP contribution >= 0.6 is 11.8 Å².